The van der Waals surface area contributed by atoms with Gasteiger partial charge in [0, 0.05) is 18.0 Å². The van der Waals surface area contributed by atoms with Crippen LogP contribution in [0, 0.1) is 5.92 Å². The van der Waals surface area contributed by atoms with Gasteiger partial charge in [-0.3, -0.25) is 9.59 Å². The van der Waals surface area contributed by atoms with Crippen LogP contribution in [0.1, 0.15) is 64.5 Å². The first-order chi connectivity index (χ1) is 14.4. The predicted octanol–water partition coefficient (Wildman–Crippen LogP) is 3.89. The van der Waals surface area contributed by atoms with Crippen LogP contribution < -0.4 is 5.32 Å². The van der Waals surface area contributed by atoms with Gasteiger partial charge in [-0.25, -0.2) is 4.79 Å². The van der Waals surface area contributed by atoms with Crippen LogP contribution >= 0.6 is 11.3 Å². The van der Waals surface area contributed by atoms with Crippen LogP contribution in [0.25, 0.3) is 0 Å². The van der Waals surface area contributed by atoms with E-state index in [2.05, 4.69) is 12.2 Å². The highest BCUT2D eigenvalue weighted by Crippen LogP contribution is 2.40. The summed E-state index contributed by atoms with van der Waals surface area (Å²) in [6.45, 7) is 5.19. The van der Waals surface area contributed by atoms with Crippen molar-refractivity contribution in [3.8, 4) is 0 Å². The molecular weight excluding hydrogens is 404 g/mol. The van der Waals surface area contributed by atoms with Gasteiger partial charge in [-0.1, -0.05) is 6.92 Å². The largest absolute Gasteiger partial charge is 0.459 e. The van der Waals surface area contributed by atoms with Gasteiger partial charge in [0.25, 0.3) is 11.8 Å². The van der Waals surface area contributed by atoms with Crippen molar-refractivity contribution in [2.24, 2.45) is 5.92 Å². The number of carbonyl (C=O) groups excluding carboxylic acids is 3. The highest BCUT2D eigenvalue weighted by molar-refractivity contribution is 7.17. The van der Waals surface area contributed by atoms with E-state index in [0.29, 0.717) is 29.6 Å². The van der Waals surface area contributed by atoms with Gasteiger partial charge in [-0.05, 0) is 62.6 Å². The smallest absolute Gasteiger partial charge is 0.342 e. The van der Waals surface area contributed by atoms with Gasteiger partial charge >= 0.3 is 5.97 Å². The number of nitrogens with one attached hydrogen (secondary N) is 1. The fourth-order valence-electron chi connectivity index (χ4n) is 4.04. The molecule has 2 amide bonds. The Bertz CT molecular complexity index is 941. The number of likely N-dealkylation sites (tertiary alicyclic amines) is 1. The summed E-state index contributed by atoms with van der Waals surface area (Å²) >= 11 is 1.40. The monoisotopic (exact) mass is 430 g/mol. The second kappa shape index (κ2) is 8.63. The molecule has 1 atom stereocenters. The molecule has 0 bridgehead atoms. The number of hydrogen-bond acceptors (Lipinski definition) is 6. The SMILES string of the molecule is CC1CCN(C(=O)C(C)OC(=O)c2c(NC(=O)c3ccco3)sc3c2CCC3)CC1. The number of thiophene rings is 1. The van der Waals surface area contributed by atoms with Gasteiger partial charge in [-0.15, -0.1) is 11.3 Å². The Morgan fingerprint density at radius 3 is 2.73 bits per heavy atom. The highest BCUT2D eigenvalue weighted by Gasteiger charge is 2.32. The molecule has 8 heteroatoms. The highest BCUT2D eigenvalue weighted by atomic mass is 32.1. The average molecular weight is 431 g/mol. The standard InChI is InChI=1S/C22H26N2O5S/c1-13-8-10-24(11-9-13)21(26)14(2)29-22(27)18-15-5-3-7-17(15)30-20(18)23-19(25)16-6-4-12-28-16/h4,6,12-14H,3,5,7-11H2,1-2H3,(H,23,25). The Kier molecular flexibility index (Phi) is 5.94. The number of rotatable bonds is 5. The van der Waals surface area contributed by atoms with Gasteiger partial charge in [0.15, 0.2) is 11.9 Å². The van der Waals surface area contributed by atoms with Crippen LogP contribution in [0.4, 0.5) is 5.00 Å². The lowest BCUT2D eigenvalue weighted by atomic mass is 9.99. The molecule has 0 radical (unpaired) electrons. The molecule has 4 rings (SSSR count). The zero-order valence-corrected chi connectivity index (χ0v) is 18.0. The van der Waals surface area contributed by atoms with Crippen molar-refractivity contribution in [2.75, 3.05) is 18.4 Å². The molecule has 2 aromatic heterocycles. The minimum Gasteiger partial charge on any atom is -0.459 e. The van der Waals surface area contributed by atoms with E-state index in [-0.39, 0.29) is 11.7 Å². The third-order valence-corrected chi connectivity index (χ3v) is 7.03. The van der Waals surface area contributed by atoms with Crippen LogP contribution in [-0.4, -0.2) is 41.9 Å². The Morgan fingerprint density at radius 2 is 2.03 bits per heavy atom. The van der Waals surface area contributed by atoms with Crippen LogP contribution in [0.5, 0.6) is 0 Å². The van der Waals surface area contributed by atoms with Crippen molar-refractivity contribution < 1.29 is 23.5 Å². The summed E-state index contributed by atoms with van der Waals surface area (Å²) in [7, 11) is 0. The Hall–Kier alpha value is -2.61. The summed E-state index contributed by atoms with van der Waals surface area (Å²) in [4.78, 5) is 41.1. The third kappa shape index (κ3) is 4.14. The van der Waals surface area contributed by atoms with E-state index in [1.165, 1.54) is 17.6 Å². The molecule has 0 aromatic carbocycles. The van der Waals surface area contributed by atoms with E-state index >= 15 is 0 Å². The molecule has 3 heterocycles. The number of fused-ring (bicyclic) bond motifs is 1. The van der Waals surface area contributed by atoms with E-state index in [0.717, 1.165) is 42.5 Å². The fraction of sp³-hybridized carbons (Fsp3) is 0.500. The summed E-state index contributed by atoms with van der Waals surface area (Å²) < 4.78 is 10.7. The van der Waals surface area contributed by atoms with Crippen molar-refractivity contribution in [3.05, 3.63) is 40.2 Å². The fourth-order valence-corrected chi connectivity index (χ4v) is 5.31. The first-order valence-corrected chi connectivity index (χ1v) is 11.2. The number of esters is 1. The topological polar surface area (TPSA) is 88.9 Å². The molecule has 1 saturated heterocycles. The van der Waals surface area contributed by atoms with Crippen LogP contribution in [0.15, 0.2) is 22.8 Å². The zero-order chi connectivity index (χ0) is 21.3. The molecular formula is C22H26N2O5S. The van der Waals surface area contributed by atoms with E-state index in [4.69, 9.17) is 9.15 Å². The van der Waals surface area contributed by atoms with Crippen molar-refractivity contribution in [1.29, 1.82) is 0 Å². The molecule has 1 aliphatic carbocycles. The van der Waals surface area contributed by atoms with Crippen molar-refractivity contribution in [3.63, 3.8) is 0 Å². The molecule has 160 valence electrons. The number of aryl methyl sites for hydroxylation is 1. The average Bonchev–Trinajstić information content (AvgIpc) is 3.45. The molecule has 1 N–H and O–H groups in total. The van der Waals surface area contributed by atoms with Crippen molar-refractivity contribution in [1.82, 2.24) is 4.90 Å². The van der Waals surface area contributed by atoms with Crippen molar-refractivity contribution >= 4 is 34.1 Å². The minimum absolute atomic E-state index is 0.164. The molecule has 1 unspecified atom stereocenters. The Balaban J connectivity index is 1.49. The van der Waals surface area contributed by atoms with Gasteiger partial charge in [0.2, 0.25) is 0 Å². The van der Waals surface area contributed by atoms with Gasteiger partial charge < -0.3 is 19.4 Å². The van der Waals surface area contributed by atoms with E-state index in [1.54, 1.807) is 24.0 Å². The molecule has 2 aromatic rings. The second-order valence-corrected chi connectivity index (χ2v) is 9.15. The number of ether oxygens (including phenoxy) is 1. The van der Waals surface area contributed by atoms with Gasteiger partial charge in [-0.2, -0.15) is 0 Å². The molecule has 30 heavy (non-hydrogen) atoms. The van der Waals surface area contributed by atoms with E-state index in [1.807, 2.05) is 0 Å². The number of anilines is 1. The molecule has 2 aliphatic rings. The number of piperidine rings is 1. The molecule has 0 saturated carbocycles. The summed E-state index contributed by atoms with van der Waals surface area (Å²) in [5.74, 6) is -0.356. The predicted molar refractivity (Wildman–Crippen MR) is 113 cm³/mol. The second-order valence-electron chi connectivity index (χ2n) is 8.05. The summed E-state index contributed by atoms with van der Waals surface area (Å²) in [6, 6.07) is 3.20. The molecule has 0 spiro atoms. The maximum Gasteiger partial charge on any atom is 0.342 e. The van der Waals surface area contributed by atoms with Gasteiger partial charge in [0.1, 0.15) is 5.00 Å². The van der Waals surface area contributed by atoms with E-state index in [9.17, 15) is 14.4 Å². The molecule has 1 aliphatic heterocycles. The van der Waals surface area contributed by atoms with E-state index < -0.39 is 18.0 Å². The van der Waals surface area contributed by atoms with Crippen LogP contribution in [0.3, 0.4) is 0 Å². The first-order valence-electron chi connectivity index (χ1n) is 10.4. The summed E-state index contributed by atoms with van der Waals surface area (Å²) in [6.07, 6.45) is 5.09. The summed E-state index contributed by atoms with van der Waals surface area (Å²) in [5, 5.41) is 3.24. The zero-order valence-electron chi connectivity index (χ0n) is 17.2. The molecule has 1 fully saturated rings. The number of nitrogens with zero attached hydrogens (tertiary/aromatic N) is 1. The number of furan rings is 1. The number of carbonyl (C=O) groups is 3. The number of hydrogen-bond donors (Lipinski definition) is 1. The normalized spacial score (nSPS) is 17.5. The molecule has 7 nitrogen and oxygen atoms in total. The lowest BCUT2D eigenvalue weighted by Gasteiger charge is -2.31. The lowest BCUT2D eigenvalue weighted by molar-refractivity contribution is -0.141. The van der Waals surface area contributed by atoms with Gasteiger partial charge in [0.05, 0.1) is 11.8 Å². The lowest BCUT2D eigenvalue weighted by Crippen LogP contribution is -2.44. The van der Waals surface area contributed by atoms with Crippen LogP contribution in [0.2, 0.25) is 0 Å². The maximum atomic E-state index is 13.0. The summed E-state index contributed by atoms with van der Waals surface area (Å²) in [5.41, 5.74) is 1.30. The van der Waals surface area contributed by atoms with Crippen molar-refractivity contribution in [2.45, 2.75) is 52.1 Å². The first kappa shape index (κ1) is 20.7. The maximum absolute atomic E-state index is 13.0. The number of amides is 2. The Morgan fingerprint density at radius 1 is 1.27 bits per heavy atom. The Labute approximate surface area is 179 Å². The quantitative estimate of drug-likeness (QED) is 0.727. The minimum atomic E-state index is -0.864. The van der Waals surface area contributed by atoms with Crippen LogP contribution in [-0.2, 0) is 22.4 Å². The third-order valence-electron chi connectivity index (χ3n) is 5.82.